The Balaban J connectivity index is 1.94. The van der Waals surface area contributed by atoms with Gasteiger partial charge in [-0.25, -0.2) is 0 Å². The van der Waals surface area contributed by atoms with Crippen LogP contribution in [0.3, 0.4) is 0 Å². The van der Waals surface area contributed by atoms with E-state index in [9.17, 15) is 4.79 Å². The maximum Gasteiger partial charge on any atom is 0.237 e. The maximum absolute atomic E-state index is 12.0. The Morgan fingerprint density at radius 1 is 1.47 bits per heavy atom. The zero-order chi connectivity index (χ0) is 13.7. The smallest absolute Gasteiger partial charge is 0.237 e. The van der Waals surface area contributed by atoms with E-state index in [0.717, 1.165) is 4.34 Å². The predicted molar refractivity (Wildman–Crippen MR) is 75.0 cm³/mol. The molecule has 0 radical (unpaired) electrons. The van der Waals surface area contributed by atoms with Gasteiger partial charge >= 0.3 is 0 Å². The van der Waals surface area contributed by atoms with Gasteiger partial charge in [0.15, 0.2) is 4.34 Å². The highest BCUT2D eigenvalue weighted by molar-refractivity contribution is 8.02. The predicted octanol–water partition coefficient (Wildman–Crippen LogP) is 2.53. The Hall–Kier alpha value is -1.91. The first-order chi connectivity index (χ1) is 9.19. The quantitative estimate of drug-likeness (QED) is 0.875. The summed E-state index contributed by atoms with van der Waals surface area (Å²) < 4.78 is 0.766. The van der Waals surface area contributed by atoms with Crippen LogP contribution >= 0.6 is 23.1 Å². The molecule has 1 heterocycles. The molecule has 7 heteroatoms. The van der Waals surface area contributed by atoms with E-state index < -0.39 is 0 Å². The van der Waals surface area contributed by atoms with Crippen LogP contribution in [0.25, 0.3) is 0 Å². The summed E-state index contributed by atoms with van der Waals surface area (Å²) >= 11 is 2.77. The Morgan fingerprint density at radius 2 is 2.21 bits per heavy atom. The van der Waals surface area contributed by atoms with Gasteiger partial charge in [0.25, 0.3) is 0 Å². The minimum absolute atomic E-state index is 0.107. The molecule has 5 nitrogen and oxygen atoms in total. The SMILES string of the molecule is C[C@H](Sc1nncs1)C(=O)Nc1ccc(C#N)cc1. The van der Waals surface area contributed by atoms with Crippen LogP contribution in [0.5, 0.6) is 0 Å². The van der Waals surface area contributed by atoms with Crippen LogP contribution in [0, 0.1) is 11.3 Å². The van der Waals surface area contributed by atoms with Crippen molar-refractivity contribution in [1.82, 2.24) is 10.2 Å². The average Bonchev–Trinajstić information content (AvgIpc) is 2.92. The Bertz CT molecular complexity index is 589. The molecule has 0 aliphatic rings. The third-order valence-electron chi connectivity index (χ3n) is 2.27. The minimum Gasteiger partial charge on any atom is -0.325 e. The zero-order valence-electron chi connectivity index (χ0n) is 10.0. The van der Waals surface area contributed by atoms with Crippen molar-refractivity contribution in [3.05, 3.63) is 35.3 Å². The van der Waals surface area contributed by atoms with Gasteiger partial charge in [0.2, 0.25) is 5.91 Å². The summed E-state index contributed by atoms with van der Waals surface area (Å²) in [6.07, 6.45) is 0. The van der Waals surface area contributed by atoms with Gasteiger partial charge in [-0.1, -0.05) is 23.1 Å². The Morgan fingerprint density at radius 3 is 2.79 bits per heavy atom. The van der Waals surface area contributed by atoms with Crippen molar-refractivity contribution in [1.29, 1.82) is 5.26 Å². The molecule has 1 amide bonds. The number of anilines is 1. The van der Waals surface area contributed by atoms with E-state index in [1.165, 1.54) is 23.1 Å². The maximum atomic E-state index is 12.0. The number of amides is 1. The second-order valence-electron chi connectivity index (χ2n) is 3.64. The number of carbonyl (C=O) groups excluding carboxylic acids is 1. The van der Waals surface area contributed by atoms with Crippen molar-refractivity contribution >= 4 is 34.7 Å². The van der Waals surface area contributed by atoms with E-state index in [2.05, 4.69) is 15.5 Å². The fourth-order valence-corrected chi connectivity index (χ4v) is 2.92. The van der Waals surface area contributed by atoms with Gasteiger partial charge in [-0.05, 0) is 31.2 Å². The molecule has 0 saturated heterocycles. The summed E-state index contributed by atoms with van der Waals surface area (Å²) in [6.45, 7) is 1.81. The molecule has 1 aromatic carbocycles. The van der Waals surface area contributed by atoms with Gasteiger partial charge in [-0.2, -0.15) is 5.26 Å². The third kappa shape index (κ3) is 3.77. The Labute approximate surface area is 118 Å². The monoisotopic (exact) mass is 290 g/mol. The molecular formula is C12H10N4OS2. The number of hydrogen-bond donors (Lipinski definition) is 1. The molecule has 96 valence electrons. The average molecular weight is 290 g/mol. The first-order valence-corrected chi connectivity index (χ1v) is 7.19. The van der Waals surface area contributed by atoms with E-state index in [-0.39, 0.29) is 11.2 Å². The van der Waals surface area contributed by atoms with Crippen LogP contribution in [0.2, 0.25) is 0 Å². The zero-order valence-corrected chi connectivity index (χ0v) is 11.7. The van der Waals surface area contributed by atoms with Crippen LogP contribution in [0.15, 0.2) is 34.1 Å². The lowest BCUT2D eigenvalue weighted by molar-refractivity contribution is -0.115. The summed E-state index contributed by atoms with van der Waals surface area (Å²) in [5.41, 5.74) is 2.87. The second kappa shape index (κ2) is 6.31. The number of thioether (sulfide) groups is 1. The van der Waals surface area contributed by atoms with Crippen molar-refractivity contribution in [2.24, 2.45) is 0 Å². The molecule has 1 atom stereocenters. The molecule has 2 rings (SSSR count). The van der Waals surface area contributed by atoms with Crippen LogP contribution < -0.4 is 5.32 Å². The normalized spacial score (nSPS) is 11.6. The van der Waals surface area contributed by atoms with Crippen molar-refractivity contribution in [3.8, 4) is 6.07 Å². The van der Waals surface area contributed by atoms with Gasteiger partial charge in [0, 0.05) is 5.69 Å². The lowest BCUT2D eigenvalue weighted by atomic mass is 10.2. The fourth-order valence-electron chi connectivity index (χ4n) is 1.29. The number of nitrogens with one attached hydrogen (secondary N) is 1. The Kier molecular flexibility index (Phi) is 4.49. The molecule has 1 N–H and O–H groups in total. The molecule has 0 fully saturated rings. The van der Waals surface area contributed by atoms with E-state index >= 15 is 0 Å². The van der Waals surface area contributed by atoms with Gasteiger partial charge in [0.05, 0.1) is 16.9 Å². The van der Waals surface area contributed by atoms with Crippen molar-refractivity contribution in [3.63, 3.8) is 0 Å². The van der Waals surface area contributed by atoms with Crippen LogP contribution in [-0.4, -0.2) is 21.4 Å². The lowest BCUT2D eigenvalue weighted by Crippen LogP contribution is -2.22. The van der Waals surface area contributed by atoms with E-state index in [1.54, 1.807) is 29.8 Å². The number of rotatable bonds is 4. The lowest BCUT2D eigenvalue weighted by Gasteiger charge is -2.10. The largest absolute Gasteiger partial charge is 0.325 e. The summed E-state index contributed by atoms with van der Waals surface area (Å²) in [5, 5.41) is 18.8. The molecule has 0 aliphatic carbocycles. The highest BCUT2D eigenvalue weighted by Crippen LogP contribution is 2.25. The van der Waals surface area contributed by atoms with Crippen LogP contribution in [0.4, 0.5) is 5.69 Å². The molecule has 0 bridgehead atoms. The fraction of sp³-hybridized carbons (Fsp3) is 0.167. The summed E-state index contributed by atoms with van der Waals surface area (Å²) in [5.74, 6) is -0.107. The molecule has 0 saturated carbocycles. The number of carbonyl (C=O) groups is 1. The molecule has 0 aliphatic heterocycles. The van der Waals surface area contributed by atoms with Crippen molar-refractivity contribution < 1.29 is 4.79 Å². The molecule has 1 aromatic heterocycles. The van der Waals surface area contributed by atoms with Crippen molar-refractivity contribution in [2.75, 3.05) is 5.32 Å². The molecule has 0 spiro atoms. The highest BCUT2D eigenvalue weighted by Gasteiger charge is 2.16. The second-order valence-corrected chi connectivity index (χ2v) is 6.06. The van der Waals surface area contributed by atoms with Gasteiger partial charge in [-0.15, -0.1) is 10.2 Å². The van der Waals surface area contributed by atoms with E-state index in [1.807, 2.05) is 13.0 Å². The number of nitriles is 1. The standard InChI is InChI=1S/C12H10N4OS2/c1-8(19-12-16-14-7-18-12)11(17)15-10-4-2-9(6-13)3-5-10/h2-5,7-8H,1H3,(H,15,17)/t8-/m0/s1. The molecule has 0 unspecified atom stereocenters. The number of benzene rings is 1. The first kappa shape index (κ1) is 13.5. The first-order valence-electron chi connectivity index (χ1n) is 5.43. The number of aromatic nitrogens is 2. The number of nitrogens with zero attached hydrogens (tertiary/aromatic N) is 3. The summed E-state index contributed by atoms with van der Waals surface area (Å²) in [4.78, 5) is 12.0. The topological polar surface area (TPSA) is 78.7 Å². The molecule has 19 heavy (non-hydrogen) atoms. The molecule has 2 aromatic rings. The number of hydrogen-bond acceptors (Lipinski definition) is 6. The van der Waals surface area contributed by atoms with Gasteiger partial charge < -0.3 is 5.32 Å². The van der Waals surface area contributed by atoms with Crippen molar-refractivity contribution in [2.45, 2.75) is 16.5 Å². The minimum atomic E-state index is -0.261. The van der Waals surface area contributed by atoms with E-state index in [4.69, 9.17) is 5.26 Å². The highest BCUT2D eigenvalue weighted by atomic mass is 32.2. The van der Waals surface area contributed by atoms with Crippen LogP contribution in [0.1, 0.15) is 12.5 Å². The molecular weight excluding hydrogens is 280 g/mol. The summed E-state index contributed by atoms with van der Waals surface area (Å²) in [7, 11) is 0. The van der Waals surface area contributed by atoms with E-state index in [0.29, 0.717) is 11.3 Å². The van der Waals surface area contributed by atoms with Crippen LogP contribution in [-0.2, 0) is 4.79 Å². The third-order valence-corrected chi connectivity index (χ3v) is 4.18. The van der Waals surface area contributed by atoms with Gasteiger partial charge in [-0.3, -0.25) is 4.79 Å². The van der Waals surface area contributed by atoms with Gasteiger partial charge in [0.1, 0.15) is 5.51 Å². The summed E-state index contributed by atoms with van der Waals surface area (Å²) in [6, 6.07) is 8.77.